The molecule has 0 unspecified atom stereocenters. The predicted molar refractivity (Wildman–Crippen MR) is 44.4 cm³/mol. The molecule has 0 aromatic carbocycles. The smallest absolute Gasteiger partial charge is 0.244 e. The number of aryl methyl sites for hydroxylation is 1. The molecule has 2 rings (SSSR count). The number of hydrogen-bond acceptors (Lipinski definition) is 2. The molecule has 1 aliphatic heterocycles. The number of carbonyl (C=O) groups excluding carboxylic acids is 1. The van der Waals surface area contributed by atoms with Crippen molar-refractivity contribution in [2.75, 3.05) is 0 Å². The zero-order chi connectivity index (χ0) is 8.72. The molecule has 5 heteroatoms. The second-order valence-electron chi connectivity index (χ2n) is 2.40. The Bertz CT molecular complexity index is 437. The Morgan fingerprint density at radius 3 is 2.92 bits per heavy atom. The minimum Gasteiger partial charge on any atom is -0.244 e. The van der Waals surface area contributed by atoms with Crippen molar-refractivity contribution >= 4 is 22.0 Å². The number of urea groups is 1. The third-order valence-corrected chi connectivity index (χ3v) is 2.33. The van der Waals surface area contributed by atoms with Crippen LogP contribution in [0, 0.1) is 6.92 Å². The highest BCUT2D eigenvalue weighted by Crippen LogP contribution is 2.08. The second-order valence-corrected chi connectivity index (χ2v) is 3.26. The highest BCUT2D eigenvalue weighted by molar-refractivity contribution is 9.10. The molecule has 1 aliphatic rings. The molecule has 0 fully saturated rings. The van der Waals surface area contributed by atoms with Crippen molar-refractivity contribution in [2.45, 2.75) is 6.92 Å². The lowest BCUT2D eigenvalue weighted by Crippen LogP contribution is -2.26. The van der Waals surface area contributed by atoms with E-state index in [-0.39, 0.29) is 0 Å². The minimum atomic E-state index is -0.477. The molecule has 2 amide bonds. The highest BCUT2D eigenvalue weighted by Gasteiger charge is 2.07. The average Bonchev–Trinajstić information content (AvgIpc) is 2.30. The molecule has 0 atom stereocenters. The molecular weight excluding hydrogens is 222 g/mol. The minimum absolute atomic E-state index is 0.417. The summed E-state index contributed by atoms with van der Waals surface area (Å²) in [5, 5.41) is 0.539. The summed E-state index contributed by atoms with van der Waals surface area (Å²) in [7, 11) is 0. The number of amides is 2. The van der Waals surface area contributed by atoms with E-state index >= 15 is 0 Å². The zero-order valence-corrected chi connectivity index (χ0v) is 7.79. The number of rotatable bonds is 0. The Morgan fingerprint density at radius 2 is 2.17 bits per heavy atom. The van der Waals surface area contributed by atoms with Crippen LogP contribution < -0.4 is 10.8 Å². The van der Waals surface area contributed by atoms with E-state index in [9.17, 15) is 4.79 Å². The lowest BCUT2D eigenvalue weighted by atomic mass is 10.4. The van der Waals surface area contributed by atoms with Crippen LogP contribution in [0.1, 0.15) is 5.69 Å². The van der Waals surface area contributed by atoms with Gasteiger partial charge in [0.2, 0.25) is 0 Å². The summed E-state index contributed by atoms with van der Waals surface area (Å²) >= 11 is 3.29. The van der Waals surface area contributed by atoms with Gasteiger partial charge in [-0.15, -0.1) is 0 Å². The van der Waals surface area contributed by atoms with Crippen LogP contribution in [0.25, 0.3) is 0 Å². The van der Waals surface area contributed by atoms with Gasteiger partial charge >= 0.3 is 6.03 Å². The van der Waals surface area contributed by atoms with Gasteiger partial charge in [0.25, 0.3) is 0 Å². The van der Waals surface area contributed by atoms with Crippen LogP contribution in [-0.2, 0) is 0 Å². The number of carbonyl (C=O) groups is 1. The molecule has 1 aromatic rings. The number of aromatic nitrogens is 1. The van der Waals surface area contributed by atoms with Crippen LogP contribution in [0.5, 0.6) is 0 Å². The van der Waals surface area contributed by atoms with Gasteiger partial charge in [-0.25, -0.2) is 9.78 Å². The number of pyridine rings is 1. The first-order valence-corrected chi connectivity index (χ1v) is 4.11. The summed E-state index contributed by atoms with van der Waals surface area (Å²) in [4.78, 5) is 22.1. The molecule has 12 heavy (non-hydrogen) atoms. The van der Waals surface area contributed by atoms with E-state index in [0.29, 0.717) is 10.8 Å². The standard InChI is InChI=1S/C7H4BrN3O/c1-3-4(8)2-5-6(9-3)11-7(12)10-5/h2H,1H3. The SMILES string of the molecule is Cc1nc2c(cc1Br)=NC(=O)N=2. The Labute approximate surface area is 76.2 Å². The van der Waals surface area contributed by atoms with E-state index in [2.05, 4.69) is 30.9 Å². The highest BCUT2D eigenvalue weighted by atomic mass is 79.9. The number of hydrogen-bond donors (Lipinski definition) is 0. The van der Waals surface area contributed by atoms with Crippen LogP contribution in [0.15, 0.2) is 20.5 Å². The molecule has 4 nitrogen and oxygen atoms in total. The van der Waals surface area contributed by atoms with Crippen LogP contribution in [0.4, 0.5) is 4.79 Å². The maximum atomic E-state index is 10.7. The van der Waals surface area contributed by atoms with Crippen molar-refractivity contribution in [2.24, 2.45) is 9.98 Å². The molecule has 0 radical (unpaired) electrons. The van der Waals surface area contributed by atoms with Gasteiger partial charge in [0.1, 0.15) is 5.36 Å². The van der Waals surface area contributed by atoms with Gasteiger partial charge in [0.05, 0.1) is 5.69 Å². The van der Waals surface area contributed by atoms with Gasteiger partial charge in [0.15, 0.2) is 5.49 Å². The molecule has 0 spiro atoms. The Balaban J connectivity index is 2.89. The first-order valence-electron chi connectivity index (χ1n) is 3.31. The third-order valence-electron chi connectivity index (χ3n) is 1.53. The molecule has 0 aliphatic carbocycles. The largest absolute Gasteiger partial charge is 0.369 e. The zero-order valence-electron chi connectivity index (χ0n) is 6.21. The molecule has 60 valence electrons. The van der Waals surface area contributed by atoms with Gasteiger partial charge in [-0.2, -0.15) is 9.98 Å². The van der Waals surface area contributed by atoms with Crippen molar-refractivity contribution in [1.29, 1.82) is 0 Å². The average molecular weight is 226 g/mol. The van der Waals surface area contributed by atoms with Crippen LogP contribution in [-0.4, -0.2) is 11.0 Å². The lowest BCUT2D eigenvalue weighted by Gasteiger charge is -1.91. The summed E-state index contributed by atoms with van der Waals surface area (Å²) < 4.78 is 0.842. The maximum Gasteiger partial charge on any atom is 0.369 e. The van der Waals surface area contributed by atoms with Crippen LogP contribution in [0.3, 0.4) is 0 Å². The van der Waals surface area contributed by atoms with E-state index in [0.717, 1.165) is 10.2 Å². The quantitative estimate of drug-likeness (QED) is 0.647. The van der Waals surface area contributed by atoms with Crippen molar-refractivity contribution in [3.8, 4) is 0 Å². The van der Waals surface area contributed by atoms with Crippen LogP contribution in [0.2, 0.25) is 0 Å². The fourth-order valence-corrected chi connectivity index (χ4v) is 1.25. The summed E-state index contributed by atoms with van der Waals surface area (Å²) in [6.07, 6.45) is 0. The van der Waals surface area contributed by atoms with Gasteiger partial charge in [-0.05, 0) is 28.9 Å². The van der Waals surface area contributed by atoms with E-state index in [1.807, 2.05) is 6.92 Å². The van der Waals surface area contributed by atoms with Crippen molar-refractivity contribution in [3.63, 3.8) is 0 Å². The second kappa shape index (κ2) is 2.45. The third kappa shape index (κ3) is 1.06. The molecule has 0 bridgehead atoms. The number of nitrogens with zero attached hydrogens (tertiary/aromatic N) is 3. The normalized spacial score (nSPS) is 13.7. The number of halogens is 1. The predicted octanol–water partition coefficient (Wildman–Crippen LogP) is 0.525. The number of fused-ring (bicyclic) bond motifs is 1. The monoisotopic (exact) mass is 225 g/mol. The van der Waals surface area contributed by atoms with Crippen molar-refractivity contribution < 1.29 is 4.79 Å². The molecular formula is C7H4BrN3O. The first-order chi connectivity index (χ1) is 5.66. The topological polar surface area (TPSA) is 54.7 Å². The summed E-state index contributed by atoms with van der Waals surface area (Å²) in [6, 6.07) is 1.27. The molecule has 0 saturated carbocycles. The first kappa shape index (κ1) is 7.54. The summed E-state index contributed by atoms with van der Waals surface area (Å²) in [6.45, 7) is 1.84. The van der Waals surface area contributed by atoms with Crippen molar-refractivity contribution in [1.82, 2.24) is 4.98 Å². The van der Waals surface area contributed by atoms with Gasteiger partial charge < -0.3 is 0 Å². The fraction of sp³-hybridized carbons (Fsp3) is 0.143. The molecule has 0 saturated heterocycles. The molecule has 2 heterocycles. The van der Waals surface area contributed by atoms with Crippen LogP contribution >= 0.6 is 15.9 Å². The lowest BCUT2D eigenvalue weighted by molar-refractivity contribution is 0.256. The van der Waals surface area contributed by atoms with E-state index in [1.54, 1.807) is 6.07 Å². The summed E-state index contributed by atoms with van der Waals surface area (Å²) in [5.41, 5.74) is 1.23. The fourth-order valence-electron chi connectivity index (χ4n) is 0.942. The van der Waals surface area contributed by atoms with Gasteiger partial charge in [-0.1, -0.05) is 0 Å². The Morgan fingerprint density at radius 1 is 1.42 bits per heavy atom. The molecule has 1 aromatic heterocycles. The Kier molecular flexibility index (Phi) is 1.54. The maximum absolute atomic E-state index is 10.7. The van der Waals surface area contributed by atoms with Gasteiger partial charge in [0, 0.05) is 4.47 Å². The molecule has 0 N–H and O–H groups in total. The van der Waals surface area contributed by atoms with E-state index in [1.165, 1.54) is 0 Å². The van der Waals surface area contributed by atoms with E-state index < -0.39 is 6.03 Å². The van der Waals surface area contributed by atoms with E-state index in [4.69, 9.17) is 0 Å². The van der Waals surface area contributed by atoms with Crippen molar-refractivity contribution in [3.05, 3.63) is 27.1 Å². The summed E-state index contributed by atoms with van der Waals surface area (Å²) in [5.74, 6) is 0. The van der Waals surface area contributed by atoms with Gasteiger partial charge in [-0.3, -0.25) is 0 Å². The Hall–Kier alpha value is -1.10.